The first-order valence-corrected chi connectivity index (χ1v) is 5.90. The summed E-state index contributed by atoms with van der Waals surface area (Å²) in [5, 5.41) is 0. The van der Waals surface area contributed by atoms with Crippen LogP contribution in [0.4, 0.5) is 0 Å². The number of hydrogen-bond donors (Lipinski definition) is 0. The van der Waals surface area contributed by atoms with Crippen LogP contribution in [-0.4, -0.2) is 49.9 Å². The van der Waals surface area contributed by atoms with Crippen LogP contribution >= 0.6 is 0 Å². The van der Waals surface area contributed by atoms with Gasteiger partial charge in [0.25, 0.3) is 0 Å². The van der Waals surface area contributed by atoms with Crippen LogP contribution in [0, 0.1) is 5.92 Å². The fraction of sp³-hybridized carbons (Fsp3) is 0.750. The molecule has 0 amide bonds. The number of ether oxygens (including phenoxy) is 4. The Balaban J connectivity index is 2.85. The summed E-state index contributed by atoms with van der Waals surface area (Å²) in [5.41, 5.74) is 0. The van der Waals surface area contributed by atoms with Gasteiger partial charge in [-0.05, 0) is 0 Å². The Morgan fingerprint density at radius 3 is 2.16 bits per heavy atom. The smallest absolute Gasteiger partial charge is 0.338 e. The highest BCUT2D eigenvalue weighted by Gasteiger charge is 2.45. The second kappa shape index (κ2) is 6.51. The second-order valence-corrected chi connectivity index (χ2v) is 4.36. The Hall–Kier alpha value is -1.63. The molecule has 0 aliphatic carbocycles. The summed E-state index contributed by atoms with van der Waals surface area (Å²) in [6, 6.07) is 0. The van der Waals surface area contributed by atoms with E-state index in [1.165, 1.54) is 21.0 Å². The number of hydrogen-bond acceptors (Lipinski definition) is 7. The number of carbonyl (C=O) groups is 3. The molecule has 1 saturated heterocycles. The van der Waals surface area contributed by atoms with Crippen LogP contribution in [0.5, 0.6) is 0 Å². The van der Waals surface area contributed by atoms with E-state index in [0.717, 1.165) is 0 Å². The van der Waals surface area contributed by atoms with E-state index in [0.29, 0.717) is 0 Å². The van der Waals surface area contributed by atoms with Gasteiger partial charge in [-0.3, -0.25) is 9.59 Å². The van der Waals surface area contributed by atoms with Gasteiger partial charge < -0.3 is 18.9 Å². The van der Waals surface area contributed by atoms with E-state index in [4.69, 9.17) is 14.2 Å². The van der Waals surface area contributed by atoms with Gasteiger partial charge >= 0.3 is 17.9 Å². The van der Waals surface area contributed by atoms with Gasteiger partial charge in [0.1, 0.15) is 12.2 Å². The zero-order valence-electron chi connectivity index (χ0n) is 11.4. The summed E-state index contributed by atoms with van der Waals surface area (Å²) < 4.78 is 20.1. The number of methoxy groups -OCH3 is 1. The third kappa shape index (κ3) is 3.92. The molecule has 7 heteroatoms. The molecule has 0 aromatic heterocycles. The minimum Gasteiger partial charge on any atom is -0.467 e. The van der Waals surface area contributed by atoms with Gasteiger partial charge in [0, 0.05) is 19.8 Å². The highest BCUT2D eigenvalue weighted by Crippen LogP contribution is 2.27. The lowest BCUT2D eigenvalue weighted by molar-refractivity contribution is -0.206. The summed E-state index contributed by atoms with van der Waals surface area (Å²) in [6.07, 6.45) is -2.42. The van der Waals surface area contributed by atoms with Gasteiger partial charge in [-0.1, -0.05) is 6.92 Å². The van der Waals surface area contributed by atoms with Gasteiger partial charge in [0.15, 0.2) is 6.10 Å². The van der Waals surface area contributed by atoms with Crippen molar-refractivity contribution in [2.75, 3.05) is 13.7 Å². The molecule has 0 saturated carbocycles. The predicted molar refractivity (Wildman–Crippen MR) is 62.0 cm³/mol. The zero-order chi connectivity index (χ0) is 14.6. The molecular weight excluding hydrogens is 256 g/mol. The van der Waals surface area contributed by atoms with E-state index in [2.05, 4.69) is 4.74 Å². The quantitative estimate of drug-likeness (QED) is 0.531. The topological polar surface area (TPSA) is 88.1 Å². The standard InChI is InChI=1S/C12H18O7/c1-6-9(18-7(2)13)5-17-11(12(15)16-4)10(6)19-8(3)14/h6,9-11H,5H2,1-4H3/t6?,9-,10-,11-/m0/s1. The fourth-order valence-electron chi connectivity index (χ4n) is 1.97. The van der Waals surface area contributed by atoms with Crippen LogP contribution in [0.25, 0.3) is 0 Å². The van der Waals surface area contributed by atoms with Crippen molar-refractivity contribution < 1.29 is 33.3 Å². The van der Waals surface area contributed by atoms with Gasteiger partial charge in [-0.15, -0.1) is 0 Å². The summed E-state index contributed by atoms with van der Waals surface area (Å²) >= 11 is 0. The predicted octanol–water partition coefficient (Wildman–Crippen LogP) is 0.0577. The first-order chi connectivity index (χ1) is 8.86. The van der Waals surface area contributed by atoms with Crippen LogP contribution in [0.2, 0.25) is 0 Å². The monoisotopic (exact) mass is 274 g/mol. The molecule has 0 aromatic rings. The maximum atomic E-state index is 11.6. The Morgan fingerprint density at radius 2 is 1.68 bits per heavy atom. The molecule has 0 N–H and O–H groups in total. The number of esters is 3. The van der Waals surface area contributed by atoms with Gasteiger partial charge in [-0.25, -0.2) is 4.79 Å². The van der Waals surface area contributed by atoms with Crippen molar-refractivity contribution in [1.29, 1.82) is 0 Å². The number of rotatable bonds is 3. The van der Waals surface area contributed by atoms with Gasteiger partial charge in [0.05, 0.1) is 13.7 Å². The Morgan fingerprint density at radius 1 is 1.11 bits per heavy atom. The molecule has 1 aliphatic heterocycles. The lowest BCUT2D eigenvalue weighted by atomic mass is 9.91. The van der Waals surface area contributed by atoms with Crippen molar-refractivity contribution in [1.82, 2.24) is 0 Å². The van der Waals surface area contributed by atoms with E-state index >= 15 is 0 Å². The highest BCUT2D eigenvalue weighted by atomic mass is 16.6. The zero-order valence-corrected chi connectivity index (χ0v) is 11.4. The molecule has 0 aromatic carbocycles. The molecule has 108 valence electrons. The maximum absolute atomic E-state index is 11.6. The van der Waals surface area contributed by atoms with Crippen LogP contribution in [0.1, 0.15) is 20.8 Å². The van der Waals surface area contributed by atoms with Crippen molar-refractivity contribution in [2.45, 2.75) is 39.1 Å². The first kappa shape index (κ1) is 15.4. The van der Waals surface area contributed by atoms with Crippen LogP contribution < -0.4 is 0 Å². The van der Waals surface area contributed by atoms with Crippen LogP contribution in [0.15, 0.2) is 0 Å². The molecule has 1 unspecified atom stereocenters. The molecule has 0 bridgehead atoms. The molecular formula is C12H18O7. The fourth-order valence-corrected chi connectivity index (χ4v) is 1.97. The second-order valence-electron chi connectivity index (χ2n) is 4.36. The van der Waals surface area contributed by atoms with Crippen LogP contribution in [0.3, 0.4) is 0 Å². The average molecular weight is 274 g/mol. The average Bonchev–Trinajstić information content (AvgIpc) is 2.32. The molecule has 1 aliphatic rings. The summed E-state index contributed by atoms with van der Waals surface area (Å²) in [6.45, 7) is 4.29. The van der Waals surface area contributed by atoms with Crippen molar-refractivity contribution in [3.63, 3.8) is 0 Å². The van der Waals surface area contributed by atoms with E-state index in [1.54, 1.807) is 6.92 Å². The molecule has 1 fully saturated rings. The van der Waals surface area contributed by atoms with E-state index in [1.807, 2.05) is 0 Å². The first-order valence-electron chi connectivity index (χ1n) is 5.90. The highest BCUT2D eigenvalue weighted by molar-refractivity contribution is 5.76. The van der Waals surface area contributed by atoms with E-state index < -0.39 is 36.2 Å². The van der Waals surface area contributed by atoms with E-state index in [-0.39, 0.29) is 12.5 Å². The summed E-state index contributed by atoms with van der Waals surface area (Å²) in [5.74, 6) is -2.00. The van der Waals surface area contributed by atoms with Gasteiger partial charge in [0.2, 0.25) is 0 Å². The Labute approximate surface area is 111 Å². The van der Waals surface area contributed by atoms with Crippen molar-refractivity contribution in [2.24, 2.45) is 5.92 Å². The Kier molecular flexibility index (Phi) is 5.29. The molecule has 0 spiro atoms. The van der Waals surface area contributed by atoms with Gasteiger partial charge in [-0.2, -0.15) is 0 Å². The normalized spacial score (nSPS) is 30.3. The SMILES string of the molecule is COC(=O)[C@H]1OC[C@H](OC(C)=O)C(C)[C@@H]1OC(C)=O. The van der Waals surface area contributed by atoms with Crippen molar-refractivity contribution in [3.8, 4) is 0 Å². The number of carbonyl (C=O) groups excluding carboxylic acids is 3. The lowest BCUT2D eigenvalue weighted by Crippen LogP contribution is -2.54. The third-order valence-corrected chi connectivity index (χ3v) is 2.90. The molecule has 7 nitrogen and oxygen atoms in total. The molecule has 4 atom stereocenters. The van der Waals surface area contributed by atoms with Crippen molar-refractivity contribution in [3.05, 3.63) is 0 Å². The maximum Gasteiger partial charge on any atom is 0.338 e. The molecule has 0 radical (unpaired) electrons. The minimum absolute atomic E-state index is 0.0538. The lowest BCUT2D eigenvalue weighted by Gasteiger charge is -2.38. The van der Waals surface area contributed by atoms with Crippen LogP contribution in [-0.2, 0) is 33.3 Å². The molecule has 1 heterocycles. The van der Waals surface area contributed by atoms with E-state index in [9.17, 15) is 14.4 Å². The third-order valence-electron chi connectivity index (χ3n) is 2.90. The molecule has 1 rings (SSSR count). The minimum atomic E-state index is -1.00. The van der Waals surface area contributed by atoms with Crippen molar-refractivity contribution >= 4 is 17.9 Å². The Bertz CT molecular complexity index is 365. The molecule has 19 heavy (non-hydrogen) atoms. The summed E-state index contributed by atoms with van der Waals surface area (Å²) in [7, 11) is 1.22. The summed E-state index contributed by atoms with van der Waals surface area (Å²) in [4.78, 5) is 33.7. The largest absolute Gasteiger partial charge is 0.467 e.